The summed E-state index contributed by atoms with van der Waals surface area (Å²) in [6.45, 7) is -4.04. The molecular weight excluding hydrogens is 309 g/mol. The summed E-state index contributed by atoms with van der Waals surface area (Å²) < 4.78 is 70.0. The molecule has 1 fully saturated rings. The molecule has 24 heavy (non-hydrogen) atoms. The largest absolute Gasteiger partial charge is 0.493 e. The second kappa shape index (κ2) is 6.69. The predicted molar refractivity (Wildman–Crippen MR) is 88.2 cm³/mol. The van der Waals surface area contributed by atoms with Crippen molar-refractivity contribution in [1.29, 1.82) is 0 Å². The van der Waals surface area contributed by atoms with E-state index in [4.69, 9.17) is 21.1 Å². The smallest absolute Gasteiger partial charge is 0.231 e. The number of nitrogens with one attached hydrogen (secondary N) is 1. The third-order valence-electron chi connectivity index (χ3n) is 4.14. The van der Waals surface area contributed by atoms with E-state index in [-0.39, 0.29) is 23.8 Å². The normalized spacial score (nSPS) is 31.2. The Bertz CT molecular complexity index is 911. The van der Waals surface area contributed by atoms with Gasteiger partial charge in [-0.25, -0.2) is 4.39 Å². The fraction of sp³-hybridized carbons (Fsp3) is 0.368. The molecule has 2 heterocycles. The van der Waals surface area contributed by atoms with Crippen molar-refractivity contribution in [2.75, 3.05) is 26.4 Å². The van der Waals surface area contributed by atoms with Crippen molar-refractivity contribution in [2.24, 2.45) is 5.89 Å². The molecule has 0 spiro atoms. The summed E-state index contributed by atoms with van der Waals surface area (Å²) in [6, 6.07) is 9.97. The van der Waals surface area contributed by atoms with Gasteiger partial charge in [0.2, 0.25) is 6.75 Å². The van der Waals surface area contributed by atoms with Crippen LogP contribution in [0.5, 0.6) is 17.2 Å². The summed E-state index contributed by atoms with van der Waals surface area (Å²) in [5, 5.41) is 3.05. The van der Waals surface area contributed by atoms with Crippen LogP contribution < -0.4 is 19.5 Å². The first-order valence-corrected chi connectivity index (χ1v) is 7.77. The Morgan fingerprint density at radius 2 is 2.08 bits per heavy atom. The summed E-state index contributed by atoms with van der Waals surface area (Å²) in [4.78, 5) is 0. The van der Waals surface area contributed by atoms with Crippen LogP contribution in [0.15, 0.2) is 42.5 Å². The molecule has 5 heteroatoms. The number of rotatable bonds is 4. The van der Waals surface area contributed by atoms with Gasteiger partial charge in [-0.3, -0.25) is 0 Å². The Morgan fingerprint density at radius 1 is 1.25 bits per heavy atom. The fourth-order valence-corrected chi connectivity index (χ4v) is 2.89. The van der Waals surface area contributed by atoms with Gasteiger partial charge in [-0.2, -0.15) is 0 Å². The molecule has 126 valence electrons. The van der Waals surface area contributed by atoms with Crippen LogP contribution in [0, 0.1) is 11.7 Å². The van der Waals surface area contributed by atoms with Crippen LogP contribution >= 0.6 is 0 Å². The first-order valence-electron chi connectivity index (χ1n) is 10.3. The lowest BCUT2D eigenvalue weighted by atomic mass is 9.81. The average molecular weight is 334 g/mol. The summed E-state index contributed by atoms with van der Waals surface area (Å²) in [5.74, 6) is -2.22. The second-order valence-corrected chi connectivity index (χ2v) is 5.69. The van der Waals surface area contributed by atoms with Gasteiger partial charge in [0.05, 0.1) is 9.30 Å². The minimum Gasteiger partial charge on any atom is -0.493 e. The maximum atomic E-state index is 13.3. The van der Waals surface area contributed by atoms with Gasteiger partial charge in [-0.05, 0) is 48.7 Å². The average Bonchev–Trinajstić information content (AvgIpc) is 2.95. The van der Waals surface area contributed by atoms with Gasteiger partial charge < -0.3 is 19.5 Å². The molecule has 2 atom stereocenters. The zero-order chi connectivity index (χ0) is 20.9. The first kappa shape index (κ1) is 10.6. The number of ether oxygens (including phenoxy) is 3. The van der Waals surface area contributed by atoms with Crippen LogP contribution in [-0.4, -0.2) is 26.4 Å². The number of hydrogen-bond acceptors (Lipinski definition) is 4. The molecule has 1 unspecified atom stereocenters. The zero-order valence-corrected chi connectivity index (χ0v) is 12.8. The van der Waals surface area contributed by atoms with Crippen molar-refractivity contribution >= 4 is 0 Å². The maximum Gasteiger partial charge on any atom is 0.231 e. The molecule has 4 rings (SSSR count). The maximum absolute atomic E-state index is 13.3. The van der Waals surface area contributed by atoms with Gasteiger partial charge in [0.15, 0.2) is 11.5 Å². The van der Waals surface area contributed by atoms with E-state index in [9.17, 15) is 4.39 Å². The van der Waals surface area contributed by atoms with Gasteiger partial charge in [0.1, 0.15) is 14.3 Å². The third-order valence-corrected chi connectivity index (χ3v) is 4.14. The lowest BCUT2D eigenvalue weighted by Crippen LogP contribution is -2.38. The van der Waals surface area contributed by atoms with E-state index in [1.807, 2.05) is 0 Å². The molecule has 0 amide bonds. The van der Waals surface area contributed by atoms with Crippen LogP contribution in [-0.2, 0) is 0 Å². The third kappa shape index (κ3) is 3.17. The monoisotopic (exact) mass is 334 g/mol. The van der Waals surface area contributed by atoms with Gasteiger partial charge in [0, 0.05) is 19.9 Å². The van der Waals surface area contributed by atoms with Crippen molar-refractivity contribution in [3.63, 3.8) is 0 Å². The van der Waals surface area contributed by atoms with E-state index in [0.29, 0.717) is 18.5 Å². The molecule has 2 aromatic rings. The molecule has 2 aromatic carbocycles. The number of piperidine rings is 1. The molecular formula is C19H20FNO3. The second-order valence-electron chi connectivity index (χ2n) is 5.69. The van der Waals surface area contributed by atoms with E-state index in [0.717, 1.165) is 0 Å². The van der Waals surface area contributed by atoms with E-state index in [1.54, 1.807) is 12.1 Å². The van der Waals surface area contributed by atoms with Crippen LogP contribution in [0.1, 0.15) is 24.8 Å². The van der Waals surface area contributed by atoms with Crippen LogP contribution in [0.25, 0.3) is 0 Å². The quantitative estimate of drug-likeness (QED) is 0.931. The topological polar surface area (TPSA) is 39.7 Å². The Morgan fingerprint density at radius 3 is 2.96 bits per heavy atom. The van der Waals surface area contributed by atoms with Gasteiger partial charge >= 0.3 is 0 Å². The molecule has 0 bridgehead atoms. The Kier molecular flexibility index (Phi) is 2.95. The molecule has 2 aliphatic heterocycles. The molecule has 1 N–H and O–H groups in total. The van der Waals surface area contributed by atoms with E-state index < -0.39 is 30.9 Å². The Hall–Kier alpha value is -2.27. The number of fused-ring (bicyclic) bond motifs is 1. The van der Waals surface area contributed by atoms with Crippen molar-refractivity contribution < 1.29 is 25.5 Å². The highest BCUT2D eigenvalue weighted by Crippen LogP contribution is 2.36. The van der Waals surface area contributed by atoms with Gasteiger partial charge in [-0.15, -0.1) is 0 Å². The molecule has 0 aromatic heterocycles. The van der Waals surface area contributed by atoms with Crippen molar-refractivity contribution in [1.82, 2.24) is 5.32 Å². The number of benzene rings is 2. The number of hydrogen-bond donors (Lipinski definition) is 1. The zero-order valence-electron chi connectivity index (χ0n) is 17.8. The number of halogens is 1. The summed E-state index contributed by atoms with van der Waals surface area (Å²) in [7, 11) is 0. The van der Waals surface area contributed by atoms with E-state index in [1.165, 1.54) is 30.3 Å². The van der Waals surface area contributed by atoms with Crippen molar-refractivity contribution in [3.8, 4) is 17.2 Å². The highest BCUT2D eigenvalue weighted by Gasteiger charge is 2.27. The van der Waals surface area contributed by atoms with Crippen LogP contribution in [0.2, 0.25) is 0 Å². The standard InChI is InChI=1S/C19H20FNO3/c20-15-3-1-13(2-4-15)17-7-8-21-10-14(17)11-22-16-5-6-18-19(9-16)24-12-23-18/h1-6,9,14,17,21H,7-8,10-12H2/t14?,17-/m0/s1/i11D2,12D2,14D. The highest BCUT2D eigenvalue weighted by molar-refractivity contribution is 5.46. The lowest BCUT2D eigenvalue weighted by molar-refractivity contribution is 0.173. The molecule has 4 nitrogen and oxygen atoms in total. The molecule has 0 aliphatic carbocycles. The van der Waals surface area contributed by atoms with E-state index >= 15 is 0 Å². The van der Waals surface area contributed by atoms with Crippen molar-refractivity contribution in [3.05, 3.63) is 53.8 Å². The predicted octanol–water partition coefficient (Wildman–Crippen LogP) is 3.33. The first-order chi connectivity index (χ1) is 13.6. The highest BCUT2D eigenvalue weighted by atomic mass is 19.1. The minimum absolute atomic E-state index is 0.0507. The van der Waals surface area contributed by atoms with Crippen LogP contribution in [0.3, 0.4) is 0 Å². The van der Waals surface area contributed by atoms with Gasteiger partial charge in [0.25, 0.3) is 0 Å². The van der Waals surface area contributed by atoms with Crippen LogP contribution in [0.4, 0.5) is 4.39 Å². The minimum atomic E-state index is -2.41. The summed E-state index contributed by atoms with van der Waals surface area (Å²) in [5.41, 5.74) is 0.675. The summed E-state index contributed by atoms with van der Waals surface area (Å²) >= 11 is 0. The van der Waals surface area contributed by atoms with E-state index in [2.05, 4.69) is 5.32 Å². The Balaban J connectivity index is 1.62. The molecule has 0 radical (unpaired) electrons. The van der Waals surface area contributed by atoms with Gasteiger partial charge in [-0.1, -0.05) is 12.1 Å². The lowest BCUT2D eigenvalue weighted by Gasteiger charge is -2.32. The van der Waals surface area contributed by atoms with Crippen molar-refractivity contribution in [2.45, 2.75) is 12.3 Å². The Labute approximate surface area is 147 Å². The fourth-order valence-electron chi connectivity index (χ4n) is 2.89. The SMILES string of the molecule is [2H]C1([2H])Oc2ccc(OC([2H])([2H])C3([2H])CNCC[C@H]3c3ccc(F)cc3)cc2O1. The molecule has 0 saturated carbocycles. The molecule has 1 saturated heterocycles. The summed E-state index contributed by atoms with van der Waals surface area (Å²) in [6.07, 6.45) is 0.499. The molecule has 2 aliphatic rings.